The van der Waals surface area contributed by atoms with Crippen molar-refractivity contribution in [1.82, 2.24) is 0 Å². The Hall–Kier alpha value is -4.08. The minimum absolute atomic E-state index is 0. The maximum atomic E-state index is 12.8. The third kappa shape index (κ3) is 9.51. The normalized spacial score (nSPS) is 12.6. The van der Waals surface area contributed by atoms with E-state index in [1.54, 1.807) is 60.7 Å². The number of azo groups is 1. The summed E-state index contributed by atoms with van der Waals surface area (Å²) in [6, 6.07) is 15.3. The molecular formula is C26H24N5NaO8S. The van der Waals surface area contributed by atoms with Crippen LogP contribution in [0.5, 0.6) is 17.2 Å². The number of ketones is 1. The molecule has 4 N–H and O–H groups in total. The molecule has 208 valence electrons. The predicted molar refractivity (Wildman–Crippen MR) is 146 cm³/mol. The maximum absolute atomic E-state index is 12.8. The second kappa shape index (κ2) is 16.2. The Morgan fingerprint density at radius 3 is 2.29 bits per heavy atom. The summed E-state index contributed by atoms with van der Waals surface area (Å²) >= 11 is 0. The number of nitrogens with one attached hydrogen (secondary N) is 1. The van der Waals surface area contributed by atoms with Crippen molar-refractivity contribution in [2.24, 2.45) is 15.3 Å². The molecule has 0 unspecified atom stereocenters. The summed E-state index contributed by atoms with van der Waals surface area (Å²) in [5.41, 5.74) is 12.0. The Labute approximate surface area is 259 Å². The molecule has 41 heavy (non-hydrogen) atoms. The topological polar surface area (TPSA) is 191 Å². The Morgan fingerprint density at radius 1 is 0.976 bits per heavy atom. The average molecular weight is 590 g/mol. The van der Waals surface area contributed by atoms with E-state index in [1.165, 1.54) is 14.2 Å². The summed E-state index contributed by atoms with van der Waals surface area (Å²) in [6.07, 6.45) is 4.55. The van der Waals surface area contributed by atoms with Gasteiger partial charge in [0.05, 0.1) is 32.3 Å². The van der Waals surface area contributed by atoms with E-state index >= 15 is 0 Å². The fourth-order valence-corrected chi connectivity index (χ4v) is 3.38. The van der Waals surface area contributed by atoms with E-state index in [4.69, 9.17) is 37.7 Å². The number of carbonyl (C=O) groups excluding carboxylic acids is 1. The number of anilines is 2. The maximum Gasteiger partial charge on any atom is 1.00 e. The first-order chi connectivity index (χ1) is 19.2. The molecule has 0 atom stereocenters. The number of fused-ring (bicyclic) bond motifs is 1. The number of allylic oxidation sites excluding steroid dienone is 1. The van der Waals surface area contributed by atoms with Crippen LogP contribution in [0.25, 0.3) is 6.08 Å². The SMILES string of the molecule is COc1cc(N/N=C2/[C-]=Cc3cc(N)ccc3C2=O)c(OC)cc1N=Nc1ccc(OCCO)cc1.O=S(=O)=O.[Na+]. The van der Waals surface area contributed by atoms with Crippen LogP contribution in [-0.2, 0) is 10.6 Å². The summed E-state index contributed by atoms with van der Waals surface area (Å²) in [5, 5.41) is 21.6. The Kier molecular flexibility index (Phi) is 13.1. The van der Waals surface area contributed by atoms with Crippen molar-refractivity contribution < 1.29 is 66.3 Å². The van der Waals surface area contributed by atoms with Gasteiger partial charge in [0.25, 0.3) is 0 Å². The molecule has 0 heterocycles. The van der Waals surface area contributed by atoms with Gasteiger partial charge in [-0.25, -0.2) is 0 Å². The number of carbonyl (C=O) groups is 1. The molecular weight excluding hydrogens is 565 g/mol. The zero-order chi connectivity index (χ0) is 29.1. The molecule has 0 saturated heterocycles. The zero-order valence-electron chi connectivity index (χ0n) is 22.3. The first kappa shape index (κ1) is 33.1. The molecule has 1 aliphatic carbocycles. The number of ether oxygens (including phenoxy) is 3. The standard InChI is InChI=1S/C26H24N5O5.Na.O3S/c1-34-24-15-23(31-29-21-10-3-16-13-17(27)4-9-20(16)26(21)33)25(35-2)14-22(24)30-28-18-5-7-19(8-6-18)36-12-11-32;;1-4(2)3/h3-9,13-15,31-32H,11-12,27H2,1-2H3;;/q-1;+1;/b29-21-,30-28?;;. The van der Waals surface area contributed by atoms with Crippen LogP contribution in [-0.4, -0.2) is 56.7 Å². The number of aliphatic hydroxyl groups is 1. The van der Waals surface area contributed by atoms with Gasteiger partial charge in [-0.2, -0.15) is 22.4 Å². The number of rotatable bonds is 9. The Bertz CT molecular complexity index is 1570. The zero-order valence-corrected chi connectivity index (χ0v) is 25.1. The summed E-state index contributed by atoms with van der Waals surface area (Å²) in [7, 11) is -0.0990. The molecule has 0 amide bonds. The largest absolute Gasteiger partial charge is 1.00 e. The average Bonchev–Trinajstić information content (AvgIpc) is 2.94. The number of Topliss-reactive ketones (excluding diaryl/α,β-unsaturated/α-hetero) is 1. The van der Waals surface area contributed by atoms with Gasteiger partial charge in [-0.1, -0.05) is 17.7 Å². The predicted octanol–water partition coefficient (Wildman–Crippen LogP) is 0.553. The van der Waals surface area contributed by atoms with Crippen molar-refractivity contribution in [2.45, 2.75) is 0 Å². The van der Waals surface area contributed by atoms with E-state index in [9.17, 15) is 4.79 Å². The molecule has 0 spiro atoms. The van der Waals surface area contributed by atoms with Crippen LogP contribution < -0.4 is 54.9 Å². The molecule has 0 fully saturated rings. The Balaban J connectivity index is 0.00000110. The fourth-order valence-electron chi connectivity index (χ4n) is 3.38. The summed E-state index contributed by atoms with van der Waals surface area (Å²) in [5.74, 6) is 1.18. The first-order valence-corrected chi connectivity index (χ1v) is 12.4. The van der Waals surface area contributed by atoms with Crippen LogP contribution in [0, 0.1) is 6.08 Å². The van der Waals surface area contributed by atoms with E-state index in [0.29, 0.717) is 51.1 Å². The number of nitrogens with zero attached hydrogens (tertiary/aromatic N) is 3. The molecule has 0 aliphatic heterocycles. The second-order valence-corrected chi connectivity index (χ2v) is 8.14. The third-order valence-electron chi connectivity index (χ3n) is 5.16. The van der Waals surface area contributed by atoms with Crippen LogP contribution in [0.15, 0.2) is 69.9 Å². The summed E-state index contributed by atoms with van der Waals surface area (Å²) in [4.78, 5) is 12.8. The molecule has 0 aromatic heterocycles. The van der Waals surface area contributed by atoms with Crippen molar-refractivity contribution in [1.29, 1.82) is 0 Å². The molecule has 0 radical (unpaired) electrons. The van der Waals surface area contributed by atoms with Crippen LogP contribution in [0.1, 0.15) is 15.9 Å². The van der Waals surface area contributed by atoms with Crippen molar-refractivity contribution in [3.8, 4) is 17.2 Å². The number of hydrogen-bond donors (Lipinski definition) is 3. The van der Waals surface area contributed by atoms with E-state index < -0.39 is 10.6 Å². The molecule has 13 nitrogen and oxygen atoms in total. The molecule has 0 saturated carbocycles. The minimum Gasteiger partial charge on any atom is -0.494 e. The van der Waals surface area contributed by atoms with Crippen molar-refractivity contribution in [2.75, 3.05) is 38.6 Å². The van der Waals surface area contributed by atoms with E-state index in [-0.39, 0.29) is 54.3 Å². The minimum atomic E-state index is -3.11. The van der Waals surface area contributed by atoms with Gasteiger partial charge in [0.1, 0.15) is 35.2 Å². The number of aliphatic hydroxyl groups excluding tert-OH is 1. The number of hydrogen-bond acceptors (Lipinski definition) is 13. The molecule has 1 aliphatic rings. The third-order valence-corrected chi connectivity index (χ3v) is 5.16. The van der Waals surface area contributed by atoms with Crippen LogP contribution in [0.3, 0.4) is 0 Å². The van der Waals surface area contributed by atoms with Crippen LogP contribution >= 0.6 is 0 Å². The molecule has 0 bridgehead atoms. The summed E-state index contributed by atoms with van der Waals surface area (Å²) < 4.78 is 41.6. The Morgan fingerprint density at radius 2 is 1.66 bits per heavy atom. The molecule has 4 rings (SSSR count). The molecule has 15 heteroatoms. The van der Waals surface area contributed by atoms with Gasteiger partial charge in [0.15, 0.2) is 0 Å². The van der Waals surface area contributed by atoms with Gasteiger partial charge >= 0.3 is 40.2 Å². The smallest absolute Gasteiger partial charge is 0.494 e. The number of nitrogen functional groups attached to an aromatic ring is 1. The van der Waals surface area contributed by atoms with Gasteiger partial charge in [0, 0.05) is 23.5 Å². The van der Waals surface area contributed by atoms with Crippen LogP contribution in [0.2, 0.25) is 0 Å². The van der Waals surface area contributed by atoms with Gasteiger partial charge in [-0.05, 0) is 30.3 Å². The van der Waals surface area contributed by atoms with Crippen molar-refractivity contribution in [3.63, 3.8) is 0 Å². The second-order valence-electron chi connectivity index (χ2n) is 7.73. The number of nitrogens with two attached hydrogens (primary N) is 1. The number of benzene rings is 3. The van der Waals surface area contributed by atoms with Crippen molar-refractivity contribution in [3.05, 3.63) is 71.8 Å². The van der Waals surface area contributed by atoms with Gasteiger partial charge in [-0.3, -0.25) is 5.43 Å². The molecule has 3 aromatic carbocycles. The summed E-state index contributed by atoms with van der Waals surface area (Å²) in [6.45, 7) is 0.157. The monoisotopic (exact) mass is 589 g/mol. The fraction of sp³-hybridized carbons (Fsp3) is 0.154. The van der Waals surface area contributed by atoms with Crippen LogP contribution in [0.4, 0.5) is 22.7 Å². The number of hydrazone groups is 1. The quantitative estimate of drug-likeness (QED) is 0.104. The van der Waals surface area contributed by atoms with E-state index in [2.05, 4.69) is 26.8 Å². The van der Waals surface area contributed by atoms with Gasteiger partial charge in [0.2, 0.25) is 0 Å². The van der Waals surface area contributed by atoms with Crippen molar-refractivity contribution >= 4 is 50.9 Å². The van der Waals surface area contributed by atoms with Gasteiger partial charge in [-0.15, -0.1) is 23.3 Å². The van der Waals surface area contributed by atoms with E-state index in [0.717, 1.165) is 0 Å². The first-order valence-electron chi connectivity index (χ1n) is 11.4. The number of methoxy groups -OCH3 is 2. The van der Waals surface area contributed by atoms with E-state index in [1.807, 2.05) is 0 Å². The molecule has 3 aromatic rings. The van der Waals surface area contributed by atoms with Gasteiger partial charge < -0.3 is 29.8 Å².